The van der Waals surface area contributed by atoms with E-state index in [1.165, 1.54) is 4.70 Å². The van der Waals surface area contributed by atoms with Gasteiger partial charge < -0.3 is 15.2 Å². The minimum atomic E-state index is -0.616. The Bertz CT molecular complexity index is 806. The lowest BCUT2D eigenvalue weighted by Gasteiger charge is -2.12. The largest absolute Gasteiger partial charge is 0.491 e. The summed E-state index contributed by atoms with van der Waals surface area (Å²) in [6.45, 7) is 1.23. The van der Waals surface area contributed by atoms with E-state index in [9.17, 15) is 5.11 Å². The summed E-state index contributed by atoms with van der Waals surface area (Å²) in [7, 11) is 0. The van der Waals surface area contributed by atoms with Crippen molar-refractivity contribution >= 4 is 21.6 Å². The van der Waals surface area contributed by atoms with Crippen LogP contribution >= 0.6 is 11.3 Å². The third-order valence-electron chi connectivity index (χ3n) is 3.42. The van der Waals surface area contributed by atoms with E-state index in [4.69, 9.17) is 10.00 Å². The fourth-order valence-corrected chi connectivity index (χ4v) is 3.16. The van der Waals surface area contributed by atoms with Crippen molar-refractivity contribution in [1.82, 2.24) is 10.3 Å². The van der Waals surface area contributed by atoms with Crippen molar-refractivity contribution in [2.45, 2.75) is 12.6 Å². The van der Waals surface area contributed by atoms with E-state index >= 15 is 0 Å². The number of aliphatic hydroxyl groups excluding tert-OH is 1. The molecule has 0 saturated heterocycles. The van der Waals surface area contributed by atoms with Crippen molar-refractivity contribution in [3.05, 3.63) is 59.1 Å². The highest BCUT2D eigenvalue weighted by Gasteiger charge is 2.07. The van der Waals surface area contributed by atoms with Crippen LogP contribution in [0.2, 0.25) is 0 Å². The predicted molar refractivity (Wildman–Crippen MR) is 94.0 cm³/mol. The predicted octanol–water partition coefficient (Wildman–Crippen LogP) is 2.70. The molecule has 2 aromatic carbocycles. The number of para-hydroxylation sites is 1. The van der Waals surface area contributed by atoms with E-state index in [0.29, 0.717) is 24.4 Å². The van der Waals surface area contributed by atoms with Gasteiger partial charge in [-0.1, -0.05) is 12.1 Å². The van der Waals surface area contributed by atoms with Crippen LogP contribution in [0.3, 0.4) is 0 Å². The summed E-state index contributed by atoms with van der Waals surface area (Å²) >= 11 is 1.65. The standard InChI is InChI=1S/C18H17N3O2S/c19-9-13-5-7-15(8-6-13)23-12-14(22)10-20-11-18-21-16-3-1-2-4-17(16)24-18/h1-8,14,20,22H,10-12H2/t14-/m0/s1. The summed E-state index contributed by atoms with van der Waals surface area (Å²) in [6, 6.07) is 16.9. The monoisotopic (exact) mass is 339 g/mol. The molecule has 1 atom stereocenters. The summed E-state index contributed by atoms with van der Waals surface area (Å²) in [6.07, 6.45) is -0.616. The lowest BCUT2D eigenvalue weighted by atomic mass is 10.2. The zero-order valence-corrected chi connectivity index (χ0v) is 13.8. The maximum atomic E-state index is 9.97. The van der Waals surface area contributed by atoms with E-state index in [1.807, 2.05) is 18.2 Å². The topological polar surface area (TPSA) is 78.2 Å². The van der Waals surface area contributed by atoms with Crippen LogP contribution in [0.1, 0.15) is 10.6 Å². The highest BCUT2D eigenvalue weighted by atomic mass is 32.1. The Morgan fingerprint density at radius 2 is 2.00 bits per heavy atom. The quantitative estimate of drug-likeness (QED) is 0.692. The Hall–Kier alpha value is -2.46. The first kappa shape index (κ1) is 16.4. The Morgan fingerprint density at radius 3 is 2.75 bits per heavy atom. The summed E-state index contributed by atoms with van der Waals surface area (Å²) in [5.74, 6) is 0.638. The third-order valence-corrected chi connectivity index (χ3v) is 4.46. The number of fused-ring (bicyclic) bond motifs is 1. The van der Waals surface area contributed by atoms with Crippen molar-refractivity contribution in [3.8, 4) is 11.8 Å². The second-order valence-corrected chi connectivity index (χ2v) is 6.42. The zero-order chi connectivity index (χ0) is 16.8. The second kappa shape index (κ2) is 7.88. The minimum Gasteiger partial charge on any atom is -0.491 e. The number of ether oxygens (including phenoxy) is 1. The van der Waals surface area contributed by atoms with Gasteiger partial charge in [0.05, 0.1) is 21.8 Å². The number of hydrogen-bond donors (Lipinski definition) is 2. The van der Waals surface area contributed by atoms with Gasteiger partial charge in [0.1, 0.15) is 23.5 Å². The van der Waals surface area contributed by atoms with Crippen molar-refractivity contribution < 1.29 is 9.84 Å². The first-order chi connectivity index (χ1) is 11.7. The van der Waals surface area contributed by atoms with Gasteiger partial charge in [-0.05, 0) is 36.4 Å². The normalized spacial score (nSPS) is 12.0. The van der Waals surface area contributed by atoms with E-state index in [2.05, 4.69) is 22.4 Å². The van der Waals surface area contributed by atoms with Crippen LogP contribution in [-0.4, -0.2) is 29.3 Å². The molecule has 0 spiro atoms. The molecular weight excluding hydrogens is 322 g/mol. The Labute approximate surface area is 144 Å². The van der Waals surface area contributed by atoms with E-state index in [-0.39, 0.29) is 6.61 Å². The van der Waals surface area contributed by atoms with Gasteiger partial charge in [-0.25, -0.2) is 4.98 Å². The number of nitrogens with zero attached hydrogens (tertiary/aromatic N) is 2. The van der Waals surface area contributed by atoms with Gasteiger partial charge in [0.2, 0.25) is 0 Å². The van der Waals surface area contributed by atoms with Crippen LogP contribution in [0.15, 0.2) is 48.5 Å². The lowest BCUT2D eigenvalue weighted by molar-refractivity contribution is 0.106. The molecule has 0 fully saturated rings. The second-order valence-electron chi connectivity index (χ2n) is 5.31. The lowest BCUT2D eigenvalue weighted by Crippen LogP contribution is -2.31. The van der Waals surface area contributed by atoms with Crippen molar-refractivity contribution in [3.63, 3.8) is 0 Å². The van der Waals surface area contributed by atoms with Gasteiger partial charge in [-0.2, -0.15) is 5.26 Å². The molecule has 3 aromatic rings. The number of thiazole rings is 1. The maximum absolute atomic E-state index is 9.97. The van der Waals surface area contributed by atoms with Crippen LogP contribution in [0.25, 0.3) is 10.2 Å². The molecule has 2 N–H and O–H groups in total. The van der Waals surface area contributed by atoms with Gasteiger partial charge >= 0.3 is 0 Å². The molecule has 0 bridgehead atoms. The molecule has 24 heavy (non-hydrogen) atoms. The summed E-state index contributed by atoms with van der Waals surface area (Å²) < 4.78 is 6.67. The van der Waals surface area contributed by atoms with E-state index < -0.39 is 6.10 Å². The fourth-order valence-electron chi connectivity index (χ4n) is 2.22. The first-order valence-corrected chi connectivity index (χ1v) is 8.42. The highest BCUT2D eigenvalue weighted by molar-refractivity contribution is 7.18. The van der Waals surface area contributed by atoms with Crippen molar-refractivity contribution in [2.75, 3.05) is 13.2 Å². The molecule has 0 aliphatic carbocycles. The molecule has 0 aliphatic rings. The van der Waals surface area contributed by atoms with Crippen LogP contribution < -0.4 is 10.1 Å². The minimum absolute atomic E-state index is 0.193. The van der Waals surface area contributed by atoms with Gasteiger partial charge in [0.15, 0.2) is 0 Å². The van der Waals surface area contributed by atoms with Crippen LogP contribution in [0.5, 0.6) is 5.75 Å². The zero-order valence-electron chi connectivity index (χ0n) is 13.0. The van der Waals surface area contributed by atoms with Crippen LogP contribution in [0.4, 0.5) is 0 Å². The Morgan fingerprint density at radius 1 is 1.21 bits per heavy atom. The molecule has 6 heteroatoms. The van der Waals surface area contributed by atoms with Gasteiger partial charge in [0.25, 0.3) is 0 Å². The van der Waals surface area contributed by atoms with Gasteiger partial charge in [-0.3, -0.25) is 0 Å². The smallest absolute Gasteiger partial charge is 0.119 e. The summed E-state index contributed by atoms with van der Waals surface area (Å²) in [5, 5.41) is 22.9. The number of benzene rings is 2. The van der Waals surface area contributed by atoms with Crippen molar-refractivity contribution in [1.29, 1.82) is 5.26 Å². The third kappa shape index (κ3) is 4.30. The SMILES string of the molecule is N#Cc1ccc(OC[C@@H](O)CNCc2nc3ccccc3s2)cc1. The molecule has 122 valence electrons. The van der Waals surface area contributed by atoms with Crippen LogP contribution in [-0.2, 0) is 6.54 Å². The molecule has 0 amide bonds. The van der Waals surface area contributed by atoms with Gasteiger partial charge in [0, 0.05) is 13.1 Å². The molecule has 0 unspecified atom stereocenters. The summed E-state index contributed by atoms with van der Waals surface area (Å²) in [5.41, 5.74) is 1.59. The number of nitrogens with one attached hydrogen (secondary N) is 1. The highest BCUT2D eigenvalue weighted by Crippen LogP contribution is 2.21. The Balaban J connectivity index is 1.42. The number of aliphatic hydroxyl groups is 1. The molecule has 3 rings (SSSR count). The van der Waals surface area contributed by atoms with Crippen molar-refractivity contribution in [2.24, 2.45) is 0 Å². The number of aromatic nitrogens is 1. The molecule has 1 heterocycles. The average molecular weight is 339 g/mol. The average Bonchev–Trinajstić information content (AvgIpc) is 3.03. The van der Waals surface area contributed by atoms with E-state index in [1.54, 1.807) is 35.6 Å². The van der Waals surface area contributed by atoms with Crippen LogP contribution in [0, 0.1) is 11.3 Å². The number of rotatable bonds is 7. The van der Waals surface area contributed by atoms with Gasteiger partial charge in [-0.15, -0.1) is 11.3 Å². The Kier molecular flexibility index (Phi) is 5.39. The maximum Gasteiger partial charge on any atom is 0.119 e. The molecule has 1 aromatic heterocycles. The molecule has 5 nitrogen and oxygen atoms in total. The van der Waals surface area contributed by atoms with E-state index in [0.717, 1.165) is 10.5 Å². The molecule has 0 aliphatic heterocycles. The fraction of sp³-hybridized carbons (Fsp3) is 0.222. The first-order valence-electron chi connectivity index (χ1n) is 7.61. The molecule has 0 radical (unpaired) electrons. The molecular formula is C18H17N3O2S. The number of hydrogen-bond acceptors (Lipinski definition) is 6. The molecule has 0 saturated carbocycles. The number of nitriles is 1. The summed E-state index contributed by atoms with van der Waals surface area (Å²) in [4.78, 5) is 4.54.